The van der Waals surface area contributed by atoms with Crippen molar-refractivity contribution in [3.8, 4) is 22.8 Å². The van der Waals surface area contributed by atoms with Crippen LogP contribution < -0.4 is 20.1 Å². The first-order valence-corrected chi connectivity index (χ1v) is 12.1. The Bertz CT molecular complexity index is 1080. The Balaban J connectivity index is 1.37. The quantitative estimate of drug-likeness (QED) is 0.251. The van der Waals surface area contributed by atoms with Gasteiger partial charge in [-0.1, -0.05) is 6.07 Å². The summed E-state index contributed by atoms with van der Waals surface area (Å²) in [5.41, 5.74) is 4.84. The lowest BCUT2D eigenvalue weighted by Crippen LogP contribution is -2.15. The zero-order valence-corrected chi connectivity index (χ0v) is 19.7. The van der Waals surface area contributed by atoms with E-state index in [4.69, 9.17) is 14.2 Å². The second-order valence-electron chi connectivity index (χ2n) is 7.57. The number of rotatable bonds is 13. The molecule has 0 aliphatic heterocycles. The highest BCUT2D eigenvalue weighted by Gasteiger charge is 2.27. The van der Waals surface area contributed by atoms with E-state index in [1.807, 2.05) is 25.2 Å². The molecule has 33 heavy (non-hydrogen) atoms. The summed E-state index contributed by atoms with van der Waals surface area (Å²) in [4.78, 5) is 0. The van der Waals surface area contributed by atoms with Crippen LogP contribution in [-0.2, 0) is 11.2 Å². The molecule has 3 aromatic rings. The van der Waals surface area contributed by atoms with Gasteiger partial charge in [0.15, 0.2) is 17.3 Å². The van der Waals surface area contributed by atoms with Crippen LogP contribution in [0.4, 0.5) is 15.9 Å². The molecule has 0 spiro atoms. The Labute approximate surface area is 197 Å². The first kappa shape index (κ1) is 23.4. The fourth-order valence-corrected chi connectivity index (χ4v) is 4.36. The zero-order chi connectivity index (χ0) is 23.0. The predicted octanol–water partition coefficient (Wildman–Crippen LogP) is 4.22. The molecule has 7 nitrogen and oxygen atoms in total. The maximum atomic E-state index is 13.5. The minimum atomic E-state index is -0.290. The van der Waals surface area contributed by atoms with Gasteiger partial charge in [-0.3, -0.25) is 5.10 Å². The van der Waals surface area contributed by atoms with E-state index < -0.39 is 0 Å². The maximum absolute atomic E-state index is 13.5. The molecule has 1 aromatic heterocycles. The van der Waals surface area contributed by atoms with E-state index in [9.17, 15) is 4.39 Å². The molecule has 9 heteroatoms. The number of benzene rings is 2. The second kappa shape index (κ2) is 11.4. The molecule has 0 amide bonds. The average Bonchev–Trinajstić information content (AvgIpc) is 3.36. The van der Waals surface area contributed by atoms with E-state index in [1.54, 1.807) is 24.9 Å². The molecule has 1 heterocycles. The summed E-state index contributed by atoms with van der Waals surface area (Å²) in [6.45, 7) is 2.92. The number of halogens is 1. The summed E-state index contributed by atoms with van der Waals surface area (Å²) in [5.74, 6) is 3.64. The number of hydrogen-bond donors (Lipinski definition) is 3. The van der Waals surface area contributed by atoms with Gasteiger partial charge in [-0.05, 0) is 42.9 Å². The molecular formula is C24H29FN4O3S. The molecule has 0 saturated heterocycles. The van der Waals surface area contributed by atoms with Crippen LogP contribution in [0.15, 0.2) is 36.4 Å². The Morgan fingerprint density at radius 3 is 2.82 bits per heavy atom. The lowest BCUT2D eigenvalue weighted by Gasteiger charge is -2.13. The van der Waals surface area contributed by atoms with E-state index >= 15 is 0 Å². The third kappa shape index (κ3) is 5.79. The van der Waals surface area contributed by atoms with Crippen molar-refractivity contribution in [3.63, 3.8) is 0 Å². The highest BCUT2D eigenvalue weighted by Crippen LogP contribution is 2.44. The summed E-state index contributed by atoms with van der Waals surface area (Å²) in [6, 6.07) is 10.4. The van der Waals surface area contributed by atoms with Gasteiger partial charge in [0.05, 0.1) is 32.6 Å². The normalized spacial score (nSPS) is 11.8. The summed E-state index contributed by atoms with van der Waals surface area (Å²) in [6.07, 6.45) is 0.707. The molecular weight excluding hydrogens is 443 g/mol. The van der Waals surface area contributed by atoms with Gasteiger partial charge < -0.3 is 24.8 Å². The van der Waals surface area contributed by atoms with E-state index in [0.717, 1.165) is 53.6 Å². The number of methoxy groups -OCH3 is 1. The second-order valence-corrected chi connectivity index (χ2v) is 8.80. The minimum Gasteiger partial charge on any atom is -0.493 e. The van der Waals surface area contributed by atoms with Crippen LogP contribution in [0.25, 0.3) is 11.3 Å². The molecule has 0 fully saturated rings. The van der Waals surface area contributed by atoms with Crippen molar-refractivity contribution in [1.29, 1.82) is 0 Å². The van der Waals surface area contributed by atoms with Crippen molar-refractivity contribution in [2.45, 2.75) is 6.42 Å². The van der Waals surface area contributed by atoms with Crippen LogP contribution >= 0.6 is 11.8 Å². The van der Waals surface area contributed by atoms with Crippen molar-refractivity contribution < 1.29 is 18.6 Å². The first-order chi connectivity index (χ1) is 16.2. The standard InChI is InChI=1S/C24H29FN4O3S/c1-26-6-7-31-8-10-33-11-9-32-22-15-19-16(13-21(22)30-2)12-20-23(19)28-29-24(20)27-18-5-3-4-17(25)14-18/h3-5,13-15,26H,6-12H2,1-2H3,(H2,27,28,29). The van der Waals surface area contributed by atoms with Crippen LogP contribution in [0.2, 0.25) is 0 Å². The van der Waals surface area contributed by atoms with Crippen molar-refractivity contribution in [1.82, 2.24) is 15.5 Å². The molecule has 176 valence electrons. The maximum Gasteiger partial charge on any atom is 0.161 e. The summed E-state index contributed by atoms with van der Waals surface area (Å²) in [5, 5.41) is 13.8. The SMILES string of the molecule is CNCCOCCSCCOc1cc2c(cc1OC)Cc1c(Nc3cccc(F)c3)n[nH]c1-2. The molecule has 1 aliphatic rings. The molecule has 0 atom stereocenters. The van der Waals surface area contributed by atoms with Crippen molar-refractivity contribution in [3.05, 3.63) is 53.3 Å². The number of anilines is 2. The van der Waals surface area contributed by atoms with Crippen LogP contribution in [0.5, 0.6) is 11.5 Å². The molecule has 0 saturated carbocycles. The molecule has 3 N–H and O–H groups in total. The highest BCUT2D eigenvalue weighted by molar-refractivity contribution is 7.99. The monoisotopic (exact) mass is 472 g/mol. The Hall–Kier alpha value is -2.75. The molecule has 2 aromatic carbocycles. The van der Waals surface area contributed by atoms with Gasteiger partial charge in [0, 0.05) is 41.3 Å². The van der Waals surface area contributed by atoms with Gasteiger partial charge in [0.25, 0.3) is 0 Å². The van der Waals surface area contributed by atoms with Crippen LogP contribution in [0, 0.1) is 5.82 Å². The number of likely N-dealkylation sites (N-methyl/N-ethyl adjacent to an activating group) is 1. The number of aromatic nitrogens is 2. The van der Waals surface area contributed by atoms with E-state index in [-0.39, 0.29) is 5.82 Å². The summed E-state index contributed by atoms with van der Waals surface area (Å²) >= 11 is 1.80. The lowest BCUT2D eigenvalue weighted by atomic mass is 10.1. The molecule has 1 aliphatic carbocycles. The predicted molar refractivity (Wildman–Crippen MR) is 131 cm³/mol. The largest absolute Gasteiger partial charge is 0.493 e. The molecule has 4 rings (SSSR count). The fourth-order valence-electron chi connectivity index (χ4n) is 3.72. The number of aromatic amines is 1. The number of hydrogen-bond acceptors (Lipinski definition) is 7. The van der Waals surface area contributed by atoms with E-state index in [1.165, 1.54) is 12.1 Å². The number of nitrogens with one attached hydrogen (secondary N) is 3. The average molecular weight is 473 g/mol. The summed E-state index contributed by atoms with van der Waals surface area (Å²) in [7, 11) is 3.57. The third-order valence-electron chi connectivity index (χ3n) is 5.33. The van der Waals surface area contributed by atoms with E-state index in [2.05, 4.69) is 20.8 Å². The number of ether oxygens (including phenoxy) is 3. The van der Waals surface area contributed by atoms with Crippen LogP contribution in [-0.4, -0.2) is 62.2 Å². The highest BCUT2D eigenvalue weighted by atomic mass is 32.2. The Kier molecular flexibility index (Phi) is 8.09. The number of fused-ring (bicyclic) bond motifs is 3. The van der Waals surface area contributed by atoms with Crippen molar-refractivity contribution in [2.75, 3.05) is 57.3 Å². The zero-order valence-electron chi connectivity index (χ0n) is 18.9. The fraction of sp³-hybridized carbons (Fsp3) is 0.375. The number of thioether (sulfide) groups is 1. The van der Waals surface area contributed by atoms with Crippen LogP contribution in [0.3, 0.4) is 0 Å². The molecule has 0 radical (unpaired) electrons. The smallest absolute Gasteiger partial charge is 0.161 e. The van der Waals surface area contributed by atoms with Gasteiger partial charge in [0.2, 0.25) is 0 Å². The van der Waals surface area contributed by atoms with Gasteiger partial charge in [0.1, 0.15) is 5.82 Å². The van der Waals surface area contributed by atoms with Crippen molar-refractivity contribution >= 4 is 23.3 Å². The number of H-pyrrole nitrogens is 1. The van der Waals surface area contributed by atoms with Gasteiger partial charge in [-0.2, -0.15) is 16.9 Å². The van der Waals surface area contributed by atoms with E-state index in [0.29, 0.717) is 36.0 Å². The van der Waals surface area contributed by atoms with Gasteiger partial charge in [-0.25, -0.2) is 4.39 Å². The van der Waals surface area contributed by atoms with Crippen molar-refractivity contribution in [2.24, 2.45) is 0 Å². The number of nitrogens with zero attached hydrogens (tertiary/aromatic N) is 1. The molecule has 0 unspecified atom stereocenters. The van der Waals surface area contributed by atoms with Gasteiger partial charge >= 0.3 is 0 Å². The van der Waals surface area contributed by atoms with Crippen LogP contribution in [0.1, 0.15) is 11.1 Å². The topological polar surface area (TPSA) is 80.4 Å². The van der Waals surface area contributed by atoms with Gasteiger partial charge in [-0.15, -0.1) is 0 Å². The summed E-state index contributed by atoms with van der Waals surface area (Å²) < 4.78 is 30.7. The third-order valence-corrected chi connectivity index (χ3v) is 6.24. The minimum absolute atomic E-state index is 0.290. The lowest BCUT2D eigenvalue weighted by molar-refractivity contribution is 0.153. The molecule has 0 bridgehead atoms. The Morgan fingerprint density at radius 2 is 2.00 bits per heavy atom. The first-order valence-electron chi connectivity index (χ1n) is 10.9. The Morgan fingerprint density at radius 1 is 1.12 bits per heavy atom.